The molecule has 4 rings (SSSR count). The molecule has 4 aliphatic carbocycles. The van der Waals surface area contributed by atoms with E-state index in [4.69, 9.17) is 9.47 Å². The Balaban J connectivity index is 1.62. The van der Waals surface area contributed by atoms with Crippen LogP contribution in [0.3, 0.4) is 0 Å². The SMILES string of the molecule is CC(=O)O[C@@H]1CC[C@@]2(C)[C@H](CC[C@@H]3[C@@H]2C[C@H](OC(C)=O)[C@]2(C)[C@@H]([C@H](C)CCO)CC[C@@H]32)C1. The Labute approximate surface area is 194 Å². The summed E-state index contributed by atoms with van der Waals surface area (Å²) in [5.41, 5.74) is 0.230. The van der Waals surface area contributed by atoms with Crippen molar-refractivity contribution in [3.8, 4) is 0 Å². The van der Waals surface area contributed by atoms with E-state index in [0.29, 0.717) is 35.5 Å². The number of hydrogen-bond donors (Lipinski definition) is 1. The number of fused-ring (bicyclic) bond motifs is 5. The Morgan fingerprint density at radius 3 is 2.34 bits per heavy atom. The Kier molecular flexibility index (Phi) is 6.70. The van der Waals surface area contributed by atoms with Crippen molar-refractivity contribution in [3.63, 3.8) is 0 Å². The molecule has 4 saturated carbocycles. The molecule has 5 heteroatoms. The van der Waals surface area contributed by atoms with Gasteiger partial charge in [0.25, 0.3) is 0 Å². The first kappa shape index (κ1) is 24.0. The van der Waals surface area contributed by atoms with E-state index in [0.717, 1.165) is 32.1 Å². The Hall–Kier alpha value is -1.10. The van der Waals surface area contributed by atoms with Crippen LogP contribution in [0.5, 0.6) is 0 Å². The fraction of sp³-hybridized carbons (Fsp3) is 0.926. The average molecular weight is 449 g/mol. The predicted molar refractivity (Wildman–Crippen MR) is 123 cm³/mol. The van der Waals surface area contributed by atoms with Gasteiger partial charge < -0.3 is 14.6 Å². The van der Waals surface area contributed by atoms with E-state index in [2.05, 4.69) is 20.8 Å². The number of aliphatic hydroxyl groups excluding tert-OH is 1. The van der Waals surface area contributed by atoms with E-state index >= 15 is 0 Å². The van der Waals surface area contributed by atoms with Crippen LogP contribution in [0.25, 0.3) is 0 Å². The van der Waals surface area contributed by atoms with E-state index < -0.39 is 0 Å². The lowest BCUT2D eigenvalue weighted by Crippen LogP contribution is -2.59. The van der Waals surface area contributed by atoms with Crippen molar-refractivity contribution in [2.45, 2.75) is 105 Å². The number of hydrogen-bond acceptors (Lipinski definition) is 5. The summed E-state index contributed by atoms with van der Waals surface area (Å²) in [6.07, 6.45) is 9.69. The van der Waals surface area contributed by atoms with E-state index in [1.807, 2.05) is 0 Å². The quantitative estimate of drug-likeness (QED) is 0.590. The lowest BCUT2D eigenvalue weighted by atomic mass is 9.43. The summed E-state index contributed by atoms with van der Waals surface area (Å²) < 4.78 is 11.8. The topological polar surface area (TPSA) is 72.8 Å². The highest BCUT2D eigenvalue weighted by Gasteiger charge is 2.65. The second-order valence-corrected chi connectivity index (χ2v) is 12.0. The molecule has 0 unspecified atom stereocenters. The van der Waals surface area contributed by atoms with Gasteiger partial charge in [0.05, 0.1) is 0 Å². The standard InChI is InChI=1S/C27H44O5/c1-16(11-13-28)22-8-9-23-21-7-6-19-14-20(31-17(2)29)10-12-26(19,4)24(21)15-25(27(22,23)5)32-18(3)30/h16,19-25,28H,6-15H2,1-5H3/t16-,19-,20-,21+,22-,23+,24+,25+,26+,27-/m1/s1. The Morgan fingerprint density at radius 2 is 1.69 bits per heavy atom. The zero-order valence-electron chi connectivity index (χ0n) is 20.8. The molecule has 1 N–H and O–H groups in total. The number of ether oxygens (including phenoxy) is 2. The highest BCUT2D eigenvalue weighted by atomic mass is 16.5. The molecular weight excluding hydrogens is 404 g/mol. The third kappa shape index (κ3) is 3.91. The van der Waals surface area contributed by atoms with Crippen molar-refractivity contribution in [1.82, 2.24) is 0 Å². The zero-order valence-corrected chi connectivity index (χ0v) is 20.8. The summed E-state index contributed by atoms with van der Waals surface area (Å²) >= 11 is 0. The maximum absolute atomic E-state index is 12.2. The van der Waals surface area contributed by atoms with Gasteiger partial charge >= 0.3 is 11.9 Å². The molecule has 4 aliphatic rings. The molecule has 0 aromatic heterocycles. The third-order valence-electron chi connectivity index (χ3n) is 10.7. The lowest BCUT2D eigenvalue weighted by Gasteiger charge is -2.62. The van der Waals surface area contributed by atoms with Crippen LogP contribution >= 0.6 is 0 Å². The minimum Gasteiger partial charge on any atom is -0.463 e. The van der Waals surface area contributed by atoms with Gasteiger partial charge in [-0.15, -0.1) is 0 Å². The van der Waals surface area contributed by atoms with Gasteiger partial charge in [0.2, 0.25) is 0 Å². The fourth-order valence-corrected chi connectivity index (χ4v) is 9.24. The molecule has 0 aromatic carbocycles. The number of esters is 2. The van der Waals surface area contributed by atoms with Gasteiger partial charge in [-0.2, -0.15) is 0 Å². The van der Waals surface area contributed by atoms with Gasteiger partial charge in [0, 0.05) is 25.9 Å². The average Bonchev–Trinajstić information content (AvgIpc) is 3.07. The van der Waals surface area contributed by atoms with Crippen LogP contribution in [-0.4, -0.2) is 35.9 Å². The van der Waals surface area contributed by atoms with Gasteiger partial charge in [-0.05, 0) is 98.7 Å². The number of carbonyl (C=O) groups excluding carboxylic acids is 2. The van der Waals surface area contributed by atoms with Crippen LogP contribution < -0.4 is 0 Å². The Bertz CT molecular complexity index is 721. The van der Waals surface area contributed by atoms with Crippen molar-refractivity contribution in [3.05, 3.63) is 0 Å². The predicted octanol–water partition coefficient (Wildman–Crippen LogP) is 5.14. The summed E-state index contributed by atoms with van der Waals surface area (Å²) in [6, 6.07) is 0. The normalized spacial score (nSPS) is 46.4. The van der Waals surface area contributed by atoms with Crippen LogP contribution in [0.1, 0.15) is 92.4 Å². The van der Waals surface area contributed by atoms with Crippen molar-refractivity contribution in [1.29, 1.82) is 0 Å². The molecule has 0 radical (unpaired) electrons. The Morgan fingerprint density at radius 1 is 0.969 bits per heavy atom. The van der Waals surface area contributed by atoms with Crippen LogP contribution in [0.15, 0.2) is 0 Å². The van der Waals surface area contributed by atoms with E-state index in [9.17, 15) is 14.7 Å². The van der Waals surface area contributed by atoms with Crippen LogP contribution in [0.4, 0.5) is 0 Å². The van der Waals surface area contributed by atoms with Crippen molar-refractivity contribution >= 4 is 11.9 Å². The molecule has 0 spiro atoms. The second-order valence-electron chi connectivity index (χ2n) is 12.0. The molecular formula is C27H44O5. The monoisotopic (exact) mass is 448 g/mol. The van der Waals surface area contributed by atoms with Crippen molar-refractivity contribution in [2.24, 2.45) is 46.3 Å². The van der Waals surface area contributed by atoms with Gasteiger partial charge in [0.1, 0.15) is 12.2 Å². The highest BCUT2D eigenvalue weighted by Crippen LogP contribution is 2.69. The molecule has 0 bridgehead atoms. The molecule has 5 nitrogen and oxygen atoms in total. The first-order valence-electron chi connectivity index (χ1n) is 13.1. The maximum atomic E-state index is 12.2. The summed E-state index contributed by atoms with van der Waals surface area (Å²) in [5, 5.41) is 9.60. The maximum Gasteiger partial charge on any atom is 0.302 e. The van der Waals surface area contributed by atoms with E-state index in [1.165, 1.54) is 32.6 Å². The minimum atomic E-state index is -0.162. The number of rotatable bonds is 5. The summed E-state index contributed by atoms with van der Waals surface area (Å²) in [6.45, 7) is 10.5. The van der Waals surface area contributed by atoms with Gasteiger partial charge in [-0.3, -0.25) is 9.59 Å². The van der Waals surface area contributed by atoms with Crippen molar-refractivity contribution in [2.75, 3.05) is 6.61 Å². The summed E-state index contributed by atoms with van der Waals surface area (Å²) in [7, 11) is 0. The first-order chi connectivity index (χ1) is 15.1. The largest absolute Gasteiger partial charge is 0.463 e. The van der Waals surface area contributed by atoms with E-state index in [-0.39, 0.29) is 41.6 Å². The zero-order chi connectivity index (χ0) is 23.3. The molecule has 0 heterocycles. The summed E-state index contributed by atoms with van der Waals surface area (Å²) in [5.74, 6) is 3.02. The molecule has 10 atom stereocenters. The van der Waals surface area contributed by atoms with Crippen LogP contribution in [0, 0.1) is 46.3 Å². The third-order valence-corrected chi connectivity index (χ3v) is 10.7. The van der Waals surface area contributed by atoms with Gasteiger partial charge in [0.15, 0.2) is 0 Å². The molecule has 0 aromatic rings. The van der Waals surface area contributed by atoms with Crippen LogP contribution in [-0.2, 0) is 19.1 Å². The lowest BCUT2D eigenvalue weighted by molar-refractivity contribution is -0.198. The molecule has 4 fully saturated rings. The molecule has 182 valence electrons. The van der Waals surface area contributed by atoms with Gasteiger partial charge in [-0.25, -0.2) is 0 Å². The molecule has 32 heavy (non-hydrogen) atoms. The second kappa shape index (κ2) is 8.92. The van der Waals surface area contributed by atoms with E-state index in [1.54, 1.807) is 6.92 Å². The minimum absolute atomic E-state index is 0.000434. The first-order valence-corrected chi connectivity index (χ1v) is 13.1. The molecule has 0 amide bonds. The number of aliphatic hydroxyl groups is 1. The van der Waals surface area contributed by atoms with Crippen molar-refractivity contribution < 1.29 is 24.2 Å². The van der Waals surface area contributed by atoms with Gasteiger partial charge in [-0.1, -0.05) is 20.8 Å². The highest BCUT2D eigenvalue weighted by molar-refractivity contribution is 5.66. The summed E-state index contributed by atoms with van der Waals surface area (Å²) in [4.78, 5) is 23.7. The fourth-order valence-electron chi connectivity index (χ4n) is 9.24. The number of carbonyl (C=O) groups is 2. The molecule has 0 aliphatic heterocycles. The smallest absolute Gasteiger partial charge is 0.302 e. The van der Waals surface area contributed by atoms with Crippen LogP contribution in [0.2, 0.25) is 0 Å². The molecule has 0 saturated heterocycles.